The Balaban J connectivity index is 0.000000253. The molecule has 2 aromatic heterocycles. The molecule has 0 amide bonds. The molecule has 3 aromatic carbocycles. The molecule has 0 unspecified atom stereocenters. The fraction of sp³-hybridized carbons (Fsp3) is 0.0357. The van der Waals surface area contributed by atoms with Crippen LogP contribution in [0.1, 0.15) is 24.9 Å². The van der Waals surface area contributed by atoms with Crippen LogP contribution in [0, 0.1) is 30.3 Å². The van der Waals surface area contributed by atoms with Crippen LogP contribution in [0.25, 0.3) is 26.2 Å². The molecule has 0 fully saturated rings. The summed E-state index contributed by atoms with van der Waals surface area (Å²) in [5.74, 6) is -1.60. The van der Waals surface area contributed by atoms with Gasteiger partial charge in [-0.15, -0.1) is 22.7 Å². The molecule has 0 radical (unpaired) electrons. The summed E-state index contributed by atoms with van der Waals surface area (Å²) < 4.78 is 14.8. The molecule has 0 atom stereocenters. The van der Waals surface area contributed by atoms with Crippen LogP contribution in [0.15, 0.2) is 66.7 Å². The molecule has 0 spiro atoms. The molecule has 268 valence electrons. The molecule has 0 aliphatic rings. The van der Waals surface area contributed by atoms with E-state index in [0.717, 1.165) is 28.7 Å². The van der Waals surface area contributed by atoms with Gasteiger partial charge in [-0.1, -0.05) is 23.2 Å². The van der Waals surface area contributed by atoms with E-state index in [2.05, 4.69) is 26.1 Å². The van der Waals surface area contributed by atoms with Crippen molar-refractivity contribution >= 4 is 149 Å². The first kappa shape index (κ1) is 42.9. The maximum absolute atomic E-state index is 11.4. The molecule has 0 saturated heterocycles. The van der Waals surface area contributed by atoms with Crippen molar-refractivity contribution < 1.29 is 43.2 Å². The number of esters is 1. The Morgan fingerprint density at radius 2 is 1.16 bits per heavy atom. The van der Waals surface area contributed by atoms with E-state index in [-0.39, 0.29) is 36.9 Å². The SMILES string of the molecule is COC(=O)c1sc2cc([N+](=O)[O-])ccc2c1Cl.O=C(Cl)c1sc2cc([N+](=O)[O-])ccc2c1Cl.O=C(O)/C=C/c1ccc([N+](=O)[O-])cc1.O=S(Cl)Cl. The number of non-ortho nitro benzene ring substituents is 3. The average molecular weight is 860 g/mol. The highest BCUT2D eigenvalue weighted by Crippen LogP contribution is 2.38. The van der Waals surface area contributed by atoms with E-state index in [0.29, 0.717) is 25.7 Å². The number of halogens is 5. The zero-order valence-electron chi connectivity index (χ0n) is 24.8. The minimum atomic E-state index is -1.67. The van der Waals surface area contributed by atoms with E-state index >= 15 is 0 Å². The second-order valence-corrected chi connectivity index (χ2v) is 14.6. The summed E-state index contributed by atoms with van der Waals surface area (Å²) in [7, 11) is 8.61. The van der Waals surface area contributed by atoms with E-state index in [9.17, 15) is 44.7 Å². The Labute approximate surface area is 319 Å². The van der Waals surface area contributed by atoms with Gasteiger partial charge in [0.2, 0.25) is 9.23 Å². The number of methoxy groups -OCH3 is 1. The van der Waals surface area contributed by atoms with Gasteiger partial charge < -0.3 is 9.84 Å². The van der Waals surface area contributed by atoms with Gasteiger partial charge in [-0.2, -0.15) is 0 Å². The molecular formula is C28H16Cl5N3O12S3. The van der Waals surface area contributed by atoms with Crippen LogP contribution in [0.5, 0.6) is 0 Å². The van der Waals surface area contributed by atoms with Gasteiger partial charge >= 0.3 is 11.9 Å². The fourth-order valence-electron chi connectivity index (χ4n) is 3.56. The van der Waals surface area contributed by atoms with Gasteiger partial charge in [-0.05, 0) is 47.5 Å². The second kappa shape index (κ2) is 19.9. The third-order valence-corrected chi connectivity index (χ3v) is 9.31. The molecule has 5 aromatic rings. The summed E-state index contributed by atoms with van der Waals surface area (Å²) in [6, 6.07) is 14.1. The fourth-order valence-corrected chi connectivity index (χ4v) is 6.66. The van der Waals surface area contributed by atoms with Gasteiger partial charge in [-0.25, -0.2) is 13.8 Å². The summed E-state index contributed by atoms with van der Waals surface area (Å²) in [4.78, 5) is 62.9. The monoisotopic (exact) mass is 857 g/mol. The van der Waals surface area contributed by atoms with Crippen LogP contribution in [0.2, 0.25) is 10.0 Å². The van der Waals surface area contributed by atoms with E-state index in [1.807, 2.05) is 0 Å². The summed E-state index contributed by atoms with van der Waals surface area (Å²) in [5.41, 5.74) is 0.515. The quantitative estimate of drug-likeness (QED) is 0.0530. The van der Waals surface area contributed by atoms with Gasteiger partial charge in [0.25, 0.3) is 22.3 Å². The number of hydrogen-bond donors (Lipinski definition) is 1. The highest BCUT2D eigenvalue weighted by Gasteiger charge is 2.20. The van der Waals surface area contributed by atoms with Crippen molar-refractivity contribution in [3.63, 3.8) is 0 Å². The summed E-state index contributed by atoms with van der Waals surface area (Å²) in [5, 5.41) is 40.8. The van der Waals surface area contributed by atoms with Crippen LogP contribution in [-0.2, 0) is 18.8 Å². The van der Waals surface area contributed by atoms with Crippen LogP contribution in [0.3, 0.4) is 0 Å². The van der Waals surface area contributed by atoms with Crippen molar-refractivity contribution in [3.8, 4) is 0 Å². The second-order valence-electron chi connectivity index (χ2n) is 8.84. The number of thiophene rings is 2. The van der Waals surface area contributed by atoms with Crippen molar-refractivity contribution in [3.05, 3.63) is 122 Å². The predicted molar refractivity (Wildman–Crippen MR) is 198 cm³/mol. The van der Waals surface area contributed by atoms with Crippen molar-refractivity contribution in [2.45, 2.75) is 0 Å². The summed E-state index contributed by atoms with van der Waals surface area (Å²) >= 11 is 19.4. The summed E-state index contributed by atoms with van der Waals surface area (Å²) in [6.45, 7) is 0. The molecule has 1 N–H and O–H groups in total. The third kappa shape index (κ3) is 12.8. The van der Waals surface area contributed by atoms with Gasteiger partial charge in [0.1, 0.15) is 9.75 Å². The number of carbonyl (C=O) groups excluding carboxylic acids is 2. The molecule has 23 heteroatoms. The highest BCUT2D eigenvalue weighted by atomic mass is 36.0. The molecule has 5 rings (SSSR count). The van der Waals surface area contributed by atoms with Crippen LogP contribution >= 0.6 is 78.8 Å². The predicted octanol–water partition coefficient (Wildman–Crippen LogP) is 9.83. The maximum Gasteiger partial charge on any atom is 0.349 e. The lowest BCUT2D eigenvalue weighted by atomic mass is 10.2. The van der Waals surface area contributed by atoms with E-state index < -0.39 is 41.2 Å². The molecule has 15 nitrogen and oxygen atoms in total. The highest BCUT2D eigenvalue weighted by molar-refractivity contribution is 8.26. The Morgan fingerprint density at radius 3 is 1.53 bits per heavy atom. The molecule has 0 aliphatic carbocycles. The number of aliphatic carboxylic acids is 1. The van der Waals surface area contributed by atoms with Gasteiger partial charge in [0.05, 0.1) is 31.9 Å². The van der Waals surface area contributed by atoms with Crippen LogP contribution in [0.4, 0.5) is 17.1 Å². The number of rotatable bonds is 7. The number of nitro groups is 3. The number of nitro benzene ring substituents is 3. The number of carboxylic acids is 1. The average Bonchev–Trinajstić information content (AvgIpc) is 3.59. The number of benzene rings is 3. The Kier molecular flexibility index (Phi) is 16.8. The number of nitrogens with zero attached hydrogens (tertiary/aromatic N) is 3. The van der Waals surface area contributed by atoms with E-state index in [1.165, 1.54) is 73.8 Å². The molecular weight excluding hydrogens is 844 g/mol. The minimum absolute atomic E-state index is 0.0162. The minimum Gasteiger partial charge on any atom is -0.478 e. The smallest absolute Gasteiger partial charge is 0.349 e. The molecule has 0 saturated carbocycles. The number of hydrogen-bond acceptors (Lipinski definition) is 13. The lowest BCUT2D eigenvalue weighted by molar-refractivity contribution is -0.385. The molecule has 0 aliphatic heterocycles. The lowest BCUT2D eigenvalue weighted by Gasteiger charge is -1.94. The molecule has 2 heterocycles. The first-order valence-electron chi connectivity index (χ1n) is 12.8. The Hall–Kier alpha value is -4.27. The van der Waals surface area contributed by atoms with Crippen molar-refractivity contribution in [2.24, 2.45) is 0 Å². The number of carboxylic acid groups (broad SMARTS) is 1. The topological polar surface area (TPSA) is 227 Å². The molecule has 51 heavy (non-hydrogen) atoms. The maximum atomic E-state index is 11.4. The lowest BCUT2D eigenvalue weighted by Crippen LogP contribution is -1.97. The number of ether oxygens (including phenoxy) is 1. The van der Waals surface area contributed by atoms with Gasteiger partial charge in [0.15, 0.2) is 0 Å². The number of fused-ring (bicyclic) bond motifs is 2. The van der Waals surface area contributed by atoms with Crippen LogP contribution < -0.4 is 0 Å². The Bertz CT molecular complexity index is 2190. The van der Waals surface area contributed by atoms with Crippen molar-refractivity contribution in [1.82, 2.24) is 0 Å². The Morgan fingerprint density at radius 1 is 0.765 bits per heavy atom. The zero-order chi connectivity index (χ0) is 38.6. The molecule has 0 bridgehead atoms. The van der Waals surface area contributed by atoms with Gasteiger partial charge in [0, 0.05) is 84.0 Å². The van der Waals surface area contributed by atoms with Gasteiger partial charge in [-0.3, -0.25) is 35.1 Å². The van der Waals surface area contributed by atoms with Crippen LogP contribution in [-0.4, -0.2) is 48.4 Å². The zero-order valence-corrected chi connectivity index (χ0v) is 31.1. The van der Waals surface area contributed by atoms with E-state index in [4.69, 9.17) is 44.1 Å². The number of carbonyl (C=O) groups is 3. The normalized spacial score (nSPS) is 10.3. The first-order chi connectivity index (χ1) is 23.9. The summed E-state index contributed by atoms with van der Waals surface area (Å²) in [6.07, 6.45) is 2.34. The first-order valence-corrected chi connectivity index (χ1v) is 18.4. The largest absolute Gasteiger partial charge is 0.478 e. The van der Waals surface area contributed by atoms with E-state index in [1.54, 1.807) is 0 Å². The third-order valence-electron chi connectivity index (χ3n) is 5.72. The van der Waals surface area contributed by atoms with Crippen molar-refractivity contribution in [2.75, 3.05) is 7.11 Å². The standard InChI is InChI=1S/C10H6ClNO4S.C9H3Cl2NO3S.C9H7NO4.Cl2OS/c1-16-10(13)9-8(11)6-3-2-5(12(14)15)4-7(6)17-9;10-7-5-2-1-4(12(14)15)3-6(5)16-8(7)9(11)13;11-9(12)6-3-7-1-4-8(5-2-7)10(13)14;1-4(2)3/h2-4H,1H3;1-3H;1-6H,(H,11,12);/b;;6-3+;. The van der Waals surface area contributed by atoms with Crippen molar-refractivity contribution in [1.29, 1.82) is 0 Å².